The highest BCUT2D eigenvalue weighted by Gasteiger charge is 2.23. The lowest BCUT2D eigenvalue weighted by Crippen LogP contribution is -2.45. The molecular weight excluding hydrogens is 370 g/mol. The highest BCUT2D eigenvalue weighted by molar-refractivity contribution is 7.10. The molecule has 0 spiro atoms. The maximum absolute atomic E-state index is 4.79. The summed E-state index contributed by atoms with van der Waals surface area (Å²) in [6.45, 7) is 11.1. The molecule has 2 atom stereocenters. The summed E-state index contributed by atoms with van der Waals surface area (Å²) in [5, 5.41) is 17.6. The third-order valence-corrected chi connectivity index (χ3v) is 6.68. The van der Waals surface area contributed by atoms with Gasteiger partial charge in [0.1, 0.15) is 12.4 Å². The van der Waals surface area contributed by atoms with Crippen molar-refractivity contribution < 1.29 is 0 Å². The Balaban J connectivity index is 1.62. The van der Waals surface area contributed by atoms with Crippen molar-refractivity contribution in [2.24, 2.45) is 12.0 Å². The quantitative estimate of drug-likeness (QED) is 0.523. The Morgan fingerprint density at radius 1 is 1.39 bits per heavy atom. The number of likely N-dealkylation sites (N-methyl/N-ethyl adjacent to an activating group) is 1. The molecule has 7 nitrogen and oxygen atoms in total. The molecule has 8 heteroatoms. The van der Waals surface area contributed by atoms with Crippen molar-refractivity contribution in [3.05, 3.63) is 34.0 Å². The fraction of sp³-hybridized carbons (Fsp3) is 0.650. The summed E-state index contributed by atoms with van der Waals surface area (Å²) in [6.07, 6.45) is 2.54. The van der Waals surface area contributed by atoms with Crippen LogP contribution in [-0.2, 0) is 13.6 Å². The lowest BCUT2D eigenvalue weighted by molar-refractivity contribution is 0.267. The van der Waals surface area contributed by atoms with Crippen molar-refractivity contribution in [2.75, 3.05) is 26.2 Å². The Morgan fingerprint density at radius 3 is 2.93 bits per heavy atom. The number of likely N-dealkylation sites (tertiary alicyclic amines) is 1. The SMILES string of the molecule is CCN1CCCC1CNC(=NCc1nnc(C)n1C)NCC(C)c1cccs1. The van der Waals surface area contributed by atoms with Crippen LogP contribution in [0.15, 0.2) is 22.5 Å². The van der Waals surface area contributed by atoms with Gasteiger partial charge in [-0.05, 0) is 44.3 Å². The summed E-state index contributed by atoms with van der Waals surface area (Å²) in [5.41, 5.74) is 0. The van der Waals surface area contributed by atoms with Crippen molar-refractivity contribution in [3.8, 4) is 0 Å². The van der Waals surface area contributed by atoms with Gasteiger partial charge in [0.2, 0.25) is 0 Å². The number of nitrogens with one attached hydrogen (secondary N) is 2. The van der Waals surface area contributed by atoms with Gasteiger partial charge in [-0.25, -0.2) is 4.99 Å². The van der Waals surface area contributed by atoms with Gasteiger partial charge in [0.05, 0.1) is 0 Å². The average molecular weight is 404 g/mol. The van der Waals surface area contributed by atoms with E-state index in [1.54, 1.807) is 11.3 Å². The Bertz CT molecular complexity index is 753. The van der Waals surface area contributed by atoms with E-state index in [1.165, 1.54) is 24.3 Å². The highest BCUT2D eigenvalue weighted by atomic mass is 32.1. The summed E-state index contributed by atoms with van der Waals surface area (Å²) in [5.74, 6) is 3.08. The molecule has 154 valence electrons. The molecule has 0 aromatic carbocycles. The first-order valence-electron chi connectivity index (χ1n) is 10.2. The van der Waals surface area contributed by atoms with Crippen LogP contribution in [0.25, 0.3) is 0 Å². The van der Waals surface area contributed by atoms with Crippen molar-refractivity contribution in [2.45, 2.75) is 52.1 Å². The smallest absolute Gasteiger partial charge is 0.191 e. The van der Waals surface area contributed by atoms with Crippen LogP contribution >= 0.6 is 11.3 Å². The van der Waals surface area contributed by atoms with Crippen molar-refractivity contribution in [3.63, 3.8) is 0 Å². The number of aliphatic imine (C=N–C) groups is 1. The summed E-state index contributed by atoms with van der Waals surface area (Å²) >= 11 is 1.81. The van der Waals surface area contributed by atoms with E-state index >= 15 is 0 Å². The normalized spacial score (nSPS) is 19.1. The predicted octanol–water partition coefficient (Wildman–Crippen LogP) is 2.51. The van der Waals surface area contributed by atoms with Gasteiger partial charge in [-0.3, -0.25) is 4.90 Å². The van der Waals surface area contributed by atoms with Crippen molar-refractivity contribution in [1.29, 1.82) is 0 Å². The van der Waals surface area contributed by atoms with Gasteiger partial charge in [-0.15, -0.1) is 21.5 Å². The fourth-order valence-corrected chi connectivity index (χ4v) is 4.38. The van der Waals surface area contributed by atoms with Crippen molar-refractivity contribution in [1.82, 2.24) is 30.3 Å². The van der Waals surface area contributed by atoms with E-state index in [2.05, 4.69) is 57.1 Å². The highest BCUT2D eigenvalue weighted by Crippen LogP contribution is 2.19. The minimum Gasteiger partial charge on any atom is -0.356 e. The van der Waals surface area contributed by atoms with E-state index in [1.807, 2.05) is 18.5 Å². The second-order valence-electron chi connectivity index (χ2n) is 7.49. The number of nitrogens with zero attached hydrogens (tertiary/aromatic N) is 5. The average Bonchev–Trinajstić information content (AvgIpc) is 3.44. The van der Waals surface area contributed by atoms with Crippen LogP contribution in [-0.4, -0.2) is 57.8 Å². The van der Waals surface area contributed by atoms with E-state index in [4.69, 9.17) is 4.99 Å². The zero-order chi connectivity index (χ0) is 19.9. The molecule has 0 amide bonds. The molecule has 1 fully saturated rings. The van der Waals surface area contributed by atoms with Crippen LogP contribution < -0.4 is 10.6 Å². The molecule has 2 N–H and O–H groups in total. The molecular formula is C20H33N7S. The second-order valence-corrected chi connectivity index (χ2v) is 8.47. The Labute approximate surface area is 172 Å². The molecule has 0 saturated carbocycles. The molecule has 2 unspecified atom stereocenters. The first-order chi connectivity index (χ1) is 13.6. The Kier molecular flexibility index (Phi) is 7.44. The van der Waals surface area contributed by atoms with Crippen LogP contribution in [0.4, 0.5) is 0 Å². The molecule has 3 rings (SSSR count). The van der Waals surface area contributed by atoms with Gasteiger partial charge < -0.3 is 15.2 Å². The third kappa shape index (κ3) is 5.32. The van der Waals surface area contributed by atoms with Gasteiger partial charge in [-0.2, -0.15) is 0 Å². The molecule has 3 heterocycles. The van der Waals surface area contributed by atoms with Crippen molar-refractivity contribution >= 4 is 17.3 Å². The molecule has 2 aromatic rings. The topological polar surface area (TPSA) is 70.4 Å². The van der Waals surface area contributed by atoms with Gasteiger partial charge in [0.25, 0.3) is 0 Å². The third-order valence-electron chi connectivity index (χ3n) is 5.58. The number of guanidine groups is 1. The van der Waals surface area contributed by atoms with Gasteiger partial charge in [0.15, 0.2) is 11.8 Å². The molecule has 0 aliphatic carbocycles. The van der Waals surface area contributed by atoms with E-state index in [0.717, 1.165) is 37.2 Å². The van der Waals surface area contributed by atoms with Crippen LogP contribution in [0.1, 0.15) is 49.1 Å². The largest absolute Gasteiger partial charge is 0.356 e. The first kappa shape index (κ1) is 20.8. The van der Waals surface area contributed by atoms with E-state index in [-0.39, 0.29) is 0 Å². The van der Waals surface area contributed by atoms with Crippen LogP contribution in [0.5, 0.6) is 0 Å². The number of aromatic nitrogens is 3. The number of aryl methyl sites for hydroxylation is 1. The van der Waals surface area contributed by atoms with Gasteiger partial charge in [0, 0.05) is 37.0 Å². The maximum atomic E-state index is 4.79. The Hall–Kier alpha value is -1.93. The minimum absolute atomic E-state index is 0.447. The molecule has 0 radical (unpaired) electrons. The fourth-order valence-electron chi connectivity index (χ4n) is 3.59. The molecule has 0 bridgehead atoms. The van der Waals surface area contributed by atoms with Crippen LogP contribution in [0.3, 0.4) is 0 Å². The number of hydrogen-bond acceptors (Lipinski definition) is 5. The molecule has 1 saturated heterocycles. The molecule has 2 aromatic heterocycles. The van der Waals surface area contributed by atoms with Crippen LogP contribution in [0.2, 0.25) is 0 Å². The summed E-state index contributed by atoms with van der Waals surface area (Å²) in [6, 6.07) is 4.89. The second kappa shape index (κ2) is 10.0. The molecule has 1 aliphatic rings. The number of rotatable bonds is 8. The minimum atomic E-state index is 0.447. The lowest BCUT2D eigenvalue weighted by Gasteiger charge is -2.24. The zero-order valence-corrected chi connectivity index (χ0v) is 18.3. The number of thiophene rings is 1. The summed E-state index contributed by atoms with van der Waals surface area (Å²) in [4.78, 5) is 8.73. The van der Waals surface area contributed by atoms with E-state index in [9.17, 15) is 0 Å². The summed E-state index contributed by atoms with van der Waals surface area (Å²) in [7, 11) is 1.98. The molecule has 1 aliphatic heterocycles. The maximum Gasteiger partial charge on any atom is 0.191 e. The monoisotopic (exact) mass is 403 g/mol. The first-order valence-corrected chi connectivity index (χ1v) is 11.1. The number of hydrogen-bond donors (Lipinski definition) is 2. The Morgan fingerprint density at radius 2 is 2.25 bits per heavy atom. The summed E-state index contributed by atoms with van der Waals surface area (Å²) < 4.78 is 1.99. The predicted molar refractivity (Wildman–Crippen MR) is 116 cm³/mol. The lowest BCUT2D eigenvalue weighted by atomic mass is 10.1. The molecule has 28 heavy (non-hydrogen) atoms. The standard InChI is InChI=1S/C20H33N7S/c1-5-27-10-6-8-17(27)13-22-20(21-12-15(2)18-9-7-11-28-18)23-14-19-25-24-16(3)26(19)4/h7,9,11,15,17H,5-6,8,10,12-14H2,1-4H3,(H2,21,22,23). The van der Waals surface area contributed by atoms with E-state index < -0.39 is 0 Å². The van der Waals surface area contributed by atoms with Gasteiger partial charge in [-0.1, -0.05) is 19.9 Å². The zero-order valence-electron chi connectivity index (χ0n) is 17.5. The van der Waals surface area contributed by atoms with E-state index in [0.29, 0.717) is 18.5 Å². The van der Waals surface area contributed by atoms with Crippen LogP contribution in [0, 0.1) is 6.92 Å². The van der Waals surface area contributed by atoms with Gasteiger partial charge >= 0.3 is 0 Å².